The lowest BCUT2D eigenvalue weighted by Gasteiger charge is -2.10. The average molecular weight is 356 g/mol. The van der Waals surface area contributed by atoms with Crippen molar-refractivity contribution >= 4 is 22.9 Å². The van der Waals surface area contributed by atoms with Crippen molar-refractivity contribution in [2.45, 2.75) is 50.2 Å². The monoisotopic (exact) mass is 356 g/mol. The van der Waals surface area contributed by atoms with Gasteiger partial charge in [-0.2, -0.15) is 0 Å². The zero-order valence-corrected chi connectivity index (χ0v) is 15.4. The lowest BCUT2D eigenvalue weighted by Crippen LogP contribution is -2.00. The third-order valence-electron chi connectivity index (χ3n) is 4.27. The van der Waals surface area contributed by atoms with E-state index in [1.165, 1.54) is 5.56 Å². The summed E-state index contributed by atoms with van der Waals surface area (Å²) in [7, 11) is 0. The second-order valence-electron chi connectivity index (χ2n) is 5.95. The maximum atomic E-state index is 5.55. The molecule has 0 N–H and O–H groups in total. The van der Waals surface area contributed by atoms with Crippen LogP contribution in [0.15, 0.2) is 28.5 Å². The van der Waals surface area contributed by atoms with E-state index in [0.29, 0.717) is 0 Å². The van der Waals surface area contributed by atoms with Crippen LogP contribution in [-0.2, 0) is 13.0 Å². The van der Waals surface area contributed by atoms with Gasteiger partial charge in [0.15, 0.2) is 22.3 Å². The van der Waals surface area contributed by atoms with Crippen molar-refractivity contribution in [2.75, 3.05) is 6.79 Å². The van der Waals surface area contributed by atoms with E-state index in [1.54, 1.807) is 18.1 Å². The molecule has 0 radical (unpaired) electrons. The van der Waals surface area contributed by atoms with Gasteiger partial charge in [-0.1, -0.05) is 25.6 Å². The van der Waals surface area contributed by atoms with E-state index >= 15 is 0 Å². The highest BCUT2D eigenvalue weighted by molar-refractivity contribution is 7.99. The number of rotatable bonds is 5. The van der Waals surface area contributed by atoms with Crippen LogP contribution in [0.3, 0.4) is 0 Å². The number of fused-ring (bicyclic) bond motifs is 2. The number of aromatic nitrogens is 4. The van der Waals surface area contributed by atoms with Crippen LogP contribution in [0, 0.1) is 6.92 Å². The van der Waals surface area contributed by atoms with Gasteiger partial charge in [0.05, 0.1) is 5.69 Å². The van der Waals surface area contributed by atoms with Crippen LogP contribution < -0.4 is 9.47 Å². The minimum Gasteiger partial charge on any atom is -0.454 e. The molecule has 7 heteroatoms. The normalized spacial score (nSPS) is 12.9. The number of imidazole rings is 1. The summed E-state index contributed by atoms with van der Waals surface area (Å²) in [6.07, 6.45) is 3.55. The summed E-state index contributed by atoms with van der Waals surface area (Å²) in [5.74, 6) is 1.62. The average Bonchev–Trinajstić information content (AvgIpc) is 3.20. The Morgan fingerprint density at radius 2 is 1.96 bits per heavy atom. The summed E-state index contributed by atoms with van der Waals surface area (Å²) in [6.45, 7) is 7.44. The van der Waals surface area contributed by atoms with E-state index in [-0.39, 0.29) is 6.79 Å². The van der Waals surface area contributed by atoms with E-state index in [1.807, 2.05) is 6.92 Å². The van der Waals surface area contributed by atoms with E-state index in [9.17, 15) is 0 Å². The quantitative estimate of drug-likeness (QED) is 0.689. The lowest BCUT2D eigenvalue weighted by molar-refractivity contribution is 0.174. The molecule has 0 amide bonds. The number of ether oxygens (including phenoxy) is 2. The first-order valence-corrected chi connectivity index (χ1v) is 9.31. The minimum atomic E-state index is 0.287. The van der Waals surface area contributed by atoms with Crippen molar-refractivity contribution in [2.24, 2.45) is 0 Å². The van der Waals surface area contributed by atoms with Crippen LogP contribution in [0.25, 0.3) is 11.2 Å². The maximum absolute atomic E-state index is 5.55. The third-order valence-corrected chi connectivity index (χ3v) is 5.36. The Labute approximate surface area is 150 Å². The van der Waals surface area contributed by atoms with Crippen LogP contribution >= 0.6 is 11.8 Å². The first-order chi connectivity index (χ1) is 12.2. The van der Waals surface area contributed by atoms with Crippen LogP contribution in [0.2, 0.25) is 0 Å². The fourth-order valence-corrected chi connectivity index (χ4v) is 4.09. The summed E-state index contributed by atoms with van der Waals surface area (Å²) >= 11 is 1.65. The summed E-state index contributed by atoms with van der Waals surface area (Å²) in [4.78, 5) is 14.7. The summed E-state index contributed by atoms with van der Waals surface area (Å²) in [5.41, 5.74) is 3.91. The van der Waals surface area contributed by atoms with E-state index < -0.39 is 0 Å². The fourth-order valence-electron chi connectivity index (χ4n) is 2.97. The highest BCUT2D eigenvalue weighted by atomic mass is 32.2. The van der Waals surface area contributed by atoms with Gasteiger partial charge in [0.2, 0.25) is 6.79 Å². The van der Waals surface area contributed by atoms with Crippen LogP contribution in [0.4, 0.5) is 0 Å². The van der Waals surface area contributed by atoms with Gasteiger partial charge in [-0.15, -0.1) is 0 Å². The fraction of sp³-hybridized carbons (Fsp3) is 0.389. The number of benzene rings is 1. The van der Waals surface area contributed by atoms with E-state index in [2.05, 4.69) is 40.5 Å². The number of hydrogen-bond acceptors (Lipinski definition) is 6. The van der Waals surface area contributed by atoms with Crippen LogP contribution in [-0.4, -0.2) is 26.3 Å². The van der Waals surface area contributed by atoms with Crippen LogP contribution in [0.1, 0.15) is 31.5 Å². The zero-order chi connectivity index (χ0) is 17.4. The molecule has 1 aliphatic rings. The maximum Gasteiger partial charge on any atom is 0.231 e. The molecule has 1 aliphatic heterocycles. The predicted molar refractivity (Wildman–Crippen MR) is 96.4 cm³/mol. The van der Waals surface area contributed by atoms with Crippen molar-refractivity contribution in [3.63, 3.8) is 0 Å². The molecule has 0 bridgehead atoms. The minimum absolute atomic E-state index is 0.287. The largest absolute Gasteiger partial charge is 0.454 e. The van der Waals surface area contributed by atoms with Gasteiger partial charge >= 0.3 is 0 Å². The smallest absolute Gasteiger partial charge is 0.231 e. The molecule has 4 rings (SSSR count). The Morgan fingerprint density at radius 3 is 2.72 bits per heavy atom. The molecule has 130 valence electrons. The molecule has 0 atom stereocenters. The van der Waals surface area contributed by atoms with Crippen molar-refractivity contribution in [3.05, 3.63) is 29.7 Å². The van der Waals surface area contributed by atoms with Crippen molar-refractivity contribution < 1.29 is 9.47 Å². The van der Waals surface area contributed by atoms with Gasteiger partial charge < -0.3 is 14.0 Å². The molecule has 0 unspecified atom stereocenters. The van der Waals surface area contributed by atoms with Gasteiger partial charge in [-0.05, 0) is 37.5 Å². The zero-order valence-electron chi connectivity index (χ0n) is 14.6. The summed E-state index contributed by atoms with van der Waals surface area (Å²) < 4.78 is 13.2. The number of hydrogen-bond donors (Lipinski definition) is 0. The molecule has 6 nitrogen and oxygen atoms in total. The van der Waals surface area contributed by atoms with Gasteiger partial charge in [0.25, 0.3) is 0 Å². The van der Waals surface area contributed by atoms with E-state index in [4.69, 9.17) is 14.5 Å². The molecule has 0 fully saturated rings. The van der Waals surface area contributed by atoms with Gasteiger partial charge in [-0.3, -0.25) is 0 Å². The SMILES string of the molecule is CCCn1c(Sc2cc3c(cc2CC)OCO3)nc2c(C)ncnc21. The first kappa shape index (κ1) is 16.2. The first-order valence-electron chi connectivity index (χ1n) is 8.49. The molecular formula is C18H20N4O2S. The Balaban J connectivity index is 1.81. The number of aryl methyl sites for hydroxylation is 3. The molecule has 25 heavy (non-hydrogen) atoms. The third kappa shape index (κ3) is 2.82. The molecule has 3 heterocycles. The second-order valence-corrected chi connectivity index (χ2v) is 6.96. The Bertz CT molecular complexity index is 938. The topological polar surface area (TPSA) is 62.1 Å². The van der Waals surface area contributed by atoms with Gasteiger partial charge in [0.1, 0.15) is 11.8 Å². The highest BCUT2D eigenvalue weighted by Crippen LogP contribution is 2.41. The number of nitrogens with zero attached hydrogens (tertiary/aromatic N) is 4. The molecule has 3 aromatic rings. The van der Waals surface area contributed by atoms with E-state index in [0.717, 1.165) is 57.8 Å². The van der Waals surface area contributed by atoms with Crippen molar-refractivity contribution in [3.8, 4) is 11.5 Å². The molecule has 0 saturated carbocycles. The van der Waals surface area contributed by atoms with Crippen LogP contribution in [0.5, 0.6) is 11.5 Å². The highest BCUT2D eigenvalue weighted by Gasteiger charge is 2.20. The Morgan fingerprint density at radius 1 is 1.16 bits per heavy atom. The predicted octanol–water partition coefficient (Wildman–Crippen LogP) is 3.99. The molecule has 0 spiro atoms. The summed E-state index contributed by atoms with van der Waals surface area (Å²) in [6, 6.07) is 4.13. The molecule has 0 aliphatic carbocycles. The molecule has 0 saturated heterocycles. The standard InChI is InChI=1S/C18H20N4O2S/c1-4-6-22-17-16(11(3)19-9-20-17)21-18(22)25-15-8-14-13(23-10-24-14)7-12(15)5-2/h7-9H,4-6,10H2,1-3H3. The molecular weight excluding hydrogens is 336 g/mol. The Kier molecular flexibility index (Phi) is 4.25. The van der Waals surface area contributed by atoms with Gasteiger partial charge in [-0.25, -0.2) is 15.0 Å². The molecule has 2 aromatic heterocycles. The second kappa shape index (κ2) is 6.55. The van der Waals surface area contributed by atoms with Gasteiger partial charge in [0, 0.05) is 11.4 Å². The van der Waals surface area contributed by atoms with Crippen molar-refractivity contribution in [1.29, 1.82) is 0 Å². The molecule has 1 aromatic carbocycles. The summed E-state index contributed by atoms with van der Waals surface area (Å²) in [5, 5.41) is 0.939. The van der Waals surface area contributed by atoms with Crippen molar-refractivity contribution in [1.82, 2.24) is 19.5 Å². The lowest BCUT2D eigenvalue weighted by atomic mass is 10.1. The Hall–Kier alpha value is -2.28.